The van der Waals surface area contributed by atoms with Crippen LogP contribution in [0.5, 0.6) is 0 Å². The molecule has 0 spiro atoms. The van der Waals surface area contributed by atoms with Crippen LogP contribution >= 0.6 is 0 Å². The number of carbonyl (C=O) groups excluding carboxylic acids is 1. The number of ether oxygens (including phenoxy) is 1. The third-order valence-corrected chi connectivity index (χ3v) is 4.41. The van der Waals surface area contributed by atoms with E-state index in [-0.39, 0.29) is 11.5 Å². The minimum atomic E-state index is -4.12. The molecular weight excluding hydrogens is 258 g/mol. The molecule has 0 aromatic heterocycles. The van der Waals surface area contributed by atoms with E-state index in [0.29, 0.717) is 4.31 Å². The highest BCUT2D eigenvalue weighted by molar-refractivity contribution is 7.89. The Hall–Kier alpha value is -1.60. The molecule has 1 aliphatic rings. The van der Waals surface area contributed by atoms with Crippen LogP contribution in [0, 0.1) is 6.92 Å². The van der Waals surface area contributed by atoms with Gasteiger partial charge in [0, 0.05) is 0 Å². The van der Waals surface area contributed by atoms with Gasteiger partial charge in [0.1, 0.15) is 12.6 Å². The number of amides is 1. The van der Waals surface area contributed by atoms with E-state index in [9.17, 15) is 18.3 Å². The molecule has 6 nitrogen and oxygen atoms in total. The Morgan fingerprint density at radius 1 is 1.50 bits per heavy atom. The second-order valence-electron chi connectivity index (χ2n) is 3.91. The van der Waals surface area contributed by atoms with Gasteiger partial charge in [0.25, 0.3) is 10.0 Å². The SMILES string of the molecule is [2H][C@H](O)[C@@H]1COC(=O)N1S(=O)(=O)c1ccc(C)cc1. The second-order valence-corrected chi connectivity index (χ2v) is 5.72. The van der Waals surface area contributed by atoms with Gasteiger partial charge in [-0.1, -0.05) is 17.7 Å². The molecule has 7 heteroatoms. The number of aliphatic hydroxyl groups excluding tert-OH is 1. The van der Waals surface area contributed by atoms with E-state index < -0.39 is 28.7 Å². The van der Waals surface area contributed by atoms with E-state index in [1.165, 1.54) is 12.1 Å². The summed E-state index contributed by atoms with van der Waals surface area (Å²) in [6.07, 6.45) is -1.07. The fourth-order valence-corrected chi connectivity index (χ4v) is 3.06. The van der Waals surface area contributed by atoms with Crippen LogP contribution in [0.15, 0.2) is 29.2 Å². The highest BCUT2D eigenvalue weighted by atomic mass is 32.2. The first-order valence-electron chi connectivity index (χ1n) is 5.80. The number of cyclic esters (lactones) is 1. The molecule has 98 valence electrons. The number of rotatable bonds is 3. The van der Waals surface area contributed by atoms with Crippen molar-refractivity contribution in [3.05, 3.63) is 29.8 Å². The Balaban J connectivity index is 2.43. The van der Waals surface area contributed by atoms with Crippen LogP contribution in [0.1, 0.15) is 6.93 Å². The monoisotopic (exact) mass is 272 g/mol. The van der Waals surface area contributed by atoms with Gasteiger partial charge < -0.3 is 9.84 Å². The molecule has 1 heterocycles. The zero-order valence-electron chi connectivity index (χ0n) is 10.6. The Kier molecular flexibility index (Phi) is 2.92. The average Bonchev–Trinajstić information content (AvgIpc) is 2.72. The first-order valence-corrected chi connectivity index (χ1v) is 6.66. The molecule has 18 heavy (non-hydrogen) atoms. The maximum Gasteiger partial charge on any atom is 0.424 e. The average molecular weight is 272 g/mol. The first-order chi connectivity index (χ1) is 8.84. The molecule has 1 aromatic rings. The van der Waals surface area contributed by atoms with Crippen molar-refractivity contribution in [2.24, 2.45) is 0 Å². The zero-order valence-corrected chi connectivity index (χ0v) is 10.4. The quantitative estimate of drug-likeness (QED) is 0.866. The Morgan fingerprint density at radius 3 is 2.67 bits per heavy atom. The predicted octanol–water partition coefficient (Wildman–Crippen LogP) is 0.497. The largest absolute Gasteiger partial charge is 0.446 e. The van der Waals surface area contributed by atoms with Gasteiger partial charge in [-0.05, 0) is 19.1 Å². The van der Waals surface area contributed by atoms with Crippen molar-refractivity contribution in [1.82, 2.24) is 4.31 Å². The third-order valence-electron chi connectivity index (χ3n) is 2.61. The van der Waals surface area contributed by atoms with E-state index in [2.05, 4.69) is 4.74 Å². The summed E-state index contributed by atoms with van der Waals surface area (Å²) < 4.78 is 36.8. The molecule has 2 atom stereocenters. The zero-order chi connectivity index (χ0) is 14.2. The van der Waals surface area contributed by atoms with E-state index in [0.717, 1.165) is 5.56 Å². The van der Waals surface area contributed by atoms with Gasteiger partial charge in [0.2, 0.25) is 0 Å². The lowest BCUT2D eigenvalue weighted by atomic mass is 10.2. The number of aliphatic hydroxyl groups is 1. The molecule has 1 fully saturated rings. The smallest absolute Gasteiger partial charge is 0.424 e. The molecule has 0 radical (unpaired) electrons. The van der Waals surface area contributed by atoms with Gasteiger partial charge >= 0.3 is 6.09 Å². The maximum absolute atomic E-state index is 12.3. The predicted molar refractivity (Wildman–Crippen MR) is 62.4 cm³/mol. The van der Waals surface area contributed by atoms with Gasteiger partial charge in [-0.25, -0.2) is 13.2 Å². The molecular formula is C11H13NO5S. The van der Waals surface area contributed by atoms with Crippen LogP contribution < -0.4 is 0 Å². The minimum absolute atomic E-state index is 0.0809. The summed E-state index contributed by atoms with van der Waals surface area (Å²) in [6, 6.07) is 4.70. The summed E-state index contributed by atoms with van der Waals surface area (Å²) in [4.78, 5) is 11.4. The van der Waals surface area contributed by atoms with Gasteiger partial charge in [-0.2, -0.15) is 4.31 Å². The fraction of sp³-hybridized carbons (Fsp3) is 0.364. The highest BCUT2D eigenvalue weighted by Crippen LogP contribution is 2.23. The topological polar surface area (TPSA) is 83.9 Å². The van der Waals surface area contributed by atoms with Crippen molar-refractivity contribution in [3.63, 3.8) is 0 Å². The number of sulfonamides is 1. The maximum atomic E-state index is 12.3. The minimum Gasteiger partial charge on any atom is -0.446 e. The molecule has 0 aliphatic carbocycles. The van der Waals surface area contributed by atoms with Crippen molar-refractivity contribution in [3.8, 4) is 0 Å². The van der Waals surface area contributed by atoms with Crippen LogP contribution in [-0.2, 0) is 14.8 Å². The van der Waals surface area contributed by atoms with Gasteiger partial charge in [-0.15, -0.1) is 0 Å². The van der Waals surface area contributed by atoms with Crippen LogP contribution in [0.2, 0.25) is 0 Å². The number of hydrogen-bond acceptors (Lipinski definition) is 5. The van der Waals surface area contributed by atoms with Crippen molar-refractivity contribution in [2.75, 3.05) is 13.2 Å². The fourth-order valence-electron chi connectivity index (χ4n) is 1.63. The lowest BCUT2D eigenvalue weighted by Crippen LogP contribution is -2.40. The Bertz CT molecular complexity index is 584. The van der Waals surface area contributed by atoms with Crippen molar-refractivity contribution in [1.29, 1.82) is 0 Å². The molecule has 2 rings (SSSR count). The van der Waals surface area contributed by atoms with E-state index >= 15 is 0 Å². The Labute approximate surface area is 106 Å². The number of aryl methyl sites for hydroxylation is 1. The van der Waals surface area contributed by atoms with E-state index in [1.807, 2.05) is 0 Å². The van der Waals surface area contributed by atoms with Crippen LogP contribution in [-0.4, -0.2) is 43.2 Å². The number of hydrogen-bond donors (Lipinski definition) is 1. The molecule has 1 aliphatic heterocycles. The number of carbonyl (C=O) groups is 1. The Morgan fingerprint density at radius 2 is 2.11 bits per heavy atom. The molecule has 0 saturated carbocycles. The molecule has 0 unspecified atom stereocenters. The molecule has 1 amide bonds. The highest BCUT2D eigenvalue weighted by Gasteiger charge is 2.42. The lowest BCUT2D eigenvalue weighted by molar-refractivity contribution is 0.169. The summed E-state index contributed by atoms with van der Waals surface area (Å²) in [5.41, 5.74) is 0.875. The van der Waals surface area contributed by atoms with Gasteiger partial charge in [-0.3, -0.25) is 0 Å². The summed E-state index contributed by atoms with van der Waals surface area (Å²) in [5.74, 6) is 0. The lowest BCUT2D eigenvalue weighted by Gasteiger charge is -2.19. The normalized spacial score (nSPS) is 22.6. The molecule has 1 N–H and O–H groups in total. The summed E-state index contributed by atoms with van der Waals surface area (Å²) in [5, 5.41) is 9.22. The summed E-state index contributed by atoms with van der Waals surface area (Å²) >= 11 is 0. The van der Waals surface area contributed by atoms with E-state index in [1.54, 1.807) is 19.1 Å². The van der Waals surface area contributed by atoms with Crippen molar-refractivity contribution >= 4 is 16.1 Å². The molecule has 1 aromatic carbocycles. The van der Waals surface area contributed by atoms with Gasteiger partial charge in [0.05, 0.1) is 12.8 Å². The molecule has 1 saturated heterocycles. The third kappa shape index (κ3) is 2.06. The number of nitrogens with zero attached hydrogens (tertiary/aromatic N) is 1. The molecule has 0 bridgehead atoms. The van der Waals surface area contributed by atoms with Crippen LogP contribution in [0.3, 0.4) is 0 Å². The van der Waals surface area contributed by atoms with Crippen molar-refractivity contribution in [2.45, 2.75) is 17.9 Å². The standard InChI is InChI=1S/C11H13NO5S/c1-8-2-4-10(5-3-8)18(15,16)12-9(6-13)7-17-11(12)14/h2-5,9,13H,6-7H2,1H3/t9-/m1/s1/i6D/t6-,9+/m0. The van der Waals surface area contributed by atoms with Crippen LogP contribution in [0.25, 0.3) is 0 Å². The van der Waals surface area contributed by atoms with Crippen LogP contribution in [0.4, 0.5) is 4.79 Å². The van der Waals surface area contributed by atoms with Crippen molar-refractivity contribution < 1.29 is 24.4 Å². The summed E-state index contributed by atoms with van der Waals surface area (Å²) in [7, 11) is -4.12. The first kappa shape index (κ1) is 11.5. The van der Waals surface area contributed by atoms with Gasteiger partial charge in [0.15, 0.2) is 0 Å². The number of benzene rings is 1. The second kappa shape index (κ2) is 4.58. The summed E-state index contributed by atoms with van der Waals surface area (Å²) in [6.45, 7) is -0.266. The van der Waals surface area contributed by atoms with E-state index in [4.69, 9.17) is 1.37 Å².